The van der Waals surface area contributed by atoms with E-state index >= 15 is 0 Å². The molecule has 2 amide bonds. The van der Waals surface area contributed by atoms with Gasteiger partial charge in [0.1, 0.15) is 0 Å². The zero-order valence-corrected chi connectivity index (χ0v) is 16.6. The average Bonchev–Trinajstić information content (AvgIpc) is 2.65. The fourth-order valence-corrected chi connectivity index (χ4v) is 4.89. The molecular weight excluding hydrogens is 350 g/mol. The van der Waals surface area contributed by atoms with Crippen LogP contribution in [0.4, 0.5) is 4.79 Å². The number of hydrogen-bond donors (Lipinski definition) is 2. The van der Waals surface area contributed by atoms with Gasteiger partial charge in [-0.15, -0.1) is 0 Å². The van der Waals surface area contributed by atoms with Crippen molar-refractivity contribution in [2.45, 2.75) is 43.9 Å². The fraction of sp³-hybridized carbons (Fsp3) is 0.435. The second-order valence-corrected chi connectivity index (χ2v) is 8.32. The average molecular weight is 380 g/mol. The lowest BCUT2D eigenvalue weighted by atomic mass is 9.60. The third-order valence-corrected chi connectivity index (χ3v) is 6.11. The van der Waals surface area contributed by atoms with Crippen LogP contribution in [0, 0.1) is 0 Å². The van der Waals surface area contributed by atoms with Crippen molar-refractivity contribution in [2.75, 3.05) is 19.7 Å². The molecule has 2 N–H and O–H groups in total. The van der Waals surface area contributed by atoms with Gasteiger partial charge >= 0.3 is 6.03 Å². The number of likely N-dealkylation sites (tertiary alicyclic amines) is 2. The topological polar surface area (TPSA) is 55.8 Å². The van der Waals surface area contributed by atoms with E-state index < -0.39 is 0 Å². The second kappa shape index (κ2) is 7.57. The van der Waals surface area contributed by atoms with Gasteiger partial charge in [0.2, 0.25) is 0 Å². The predicted molar refractivity (Wildman–Crippen MR) is 110 cm³/mol. The Bertz CT molecular complexity index is 803. The zero-order valence-electron chi connectivity index (χ0n) is 16.6. The molecule has 5 heteroatoms. The summed E-state index contributed by atoms with van der Waals surface area (Å²) in [5.74, 6) is 0.227. The van der Waals surface area contributed by atoms with Crippen molar-refractivity contribution in [2.24, 2.45) is 0 Å². The number of benzene rings is 2. The van der Waals surface area contributed by atoms with Crippen molar-refractivity contribution < 1.29 is 9.90 Å². The quantitative estimate of drug-likeness (QED) is 0.840. The first kappa shape index (κ1) is 19.0. The van der Waals surface area contributed by atoms with E-state index in [9.17, 15) is 9.90 Å². The summed E-state index contributed by atoms with van der Waals surface area (Å²) in [6.45, 7) is 6.24. The highest BCUT2D eigenvalue weighted by Crippen LogP contribution is 2.54. The molecule has 5 nitrogen and oxygen atoms in total. The third kappa shape index (κ3) is 3.19. The van der Waals surface area contributed by atoms with Gasteiger partial charge in [0, 0.05) is 37.6 Å². The van der Waals surface area contributed by atoms with E-state index in [1.54, 1.807) is 0 Å². The van der Waals surface area contributed by atoms with Gasteiger partial charge in [-0.1, -0.05) is 60.7 Å². The highest BCUT2D eigenvalue weighted by molar-refractivity contribution is 5.76. The summed E-state index contributed by atoms with van der Waals surface area (Å²) in [6, 6.07) is 21.0. The number of aliphatic hydroxyl groups is 1. The Morgan fingerprint density at radius 2 is 1.71 bits per heavy atom. The molecule has 2 aliphatic rings. The molecule has 2 atom stereocenters. The van der Waals surface area contributed by atoms with Gasteiger partial charge in [-0.25, -0.2) is 4.79 Å². The molecule has 2 aromatic carbocycles. The molecule has 0 unspecified atom stereocenters. The lowest BCUT2D eigenvalue weighted by molar-refractivity contribution is -0.183. The van der Waals surface area contributed by atoms with E-state index in [0.29, 0.717) is 13.1 Å². The molecule has 1 spiro atoms. The summed E-state index contributed by atoms with van der Waals surface area (Å²) in [4.78, 5) is 16.8. The maximum absolute atomic E-state index is 12.5. The Labute approximate surface area is 167 Å². The Morgan fingerprint density at radius 3 is 2.29 bits per heavy atom. The molecule has 2 aromatic rings. The van der Waals surface area contributed by atoms with E-state index in [0.717, 1.165) is 6.54 Å². The number of carbonyl (C=O) groups is 1. The molecule has 28 heavy (non-hydrogen) atoms. The number of nitrogens with one attached hydrogen (secondary N) is 1. The Morgan fingerprint density at radius 1 is 1.11 bits per heavy atom. The van der Waals surface area contributed by atoms with E-state index in [-0.39, 0.29) is 36.2 Å². The van der Waals surface area contributed by atoms with E-state index in [1.807, 2.05) is 43.0 Å². The summed E-state index contributed by atoms with van der Waals surface area (Å²) in [5.41, 5.74) is 2.37. The number of urea groups is 1. The van der Waals surface area contributed by atoms with Crippen LogP contribution in [0.25, 0.3) is 0 Å². The number of aliphatic hydroxyl groups excluding tert-OH is 1. The molecule has 2 saturated heterocycles. The van der Waals surface area contributed by atoms with Crippen LogP contribution in [0.3, 0.4) is 0 Å². The first-order valence-electron chi connectivity index (χ1n) is 10.1. The van der Waals surface area contributed by atoms with E-state index in [2.05, 4.69) is 46.6 Å². The predicted octanol–water partition coefficient (Wildman–Crippen LogP) is 2.82. The van der Waals surface area contributed by atoms with E-state index in [1.165, 1.54) is 11.1 Å². The normalized spacial score (nSPS) is 23.4. The number of hydrogen-bond acceptors (Lipinski definition) is 3. The van der Waals surface area contributed by atoms with Crippen molar-refractivity contribution in [1.29, 1.82) is 0 Å². The molecule has 0 saturated carbocycles. The Balaban J connectivity index is 1.59. The van der Waals surface area contributed by atoms with Crippen LogP contribution in [0.5, 0.6) is 0 Å². The second-order valence-electron chi connectivity index (χ2n) is 8.32. The van der Waals surface area contributed by atoms with Gasteiger partial charge in [-0.2, -0.15) is 0 Å². The molecule has 0 aliphatic carbocycles. The maximum Gasteiger partial charge on any atom is 0.317 e. The minimum atomic E-state index is -0.112. The number of rotatable bonds is 5. The van der Waals surface area contributed by atoms with Gasteiger partial charge in [-0.3, -0.25) is 4.90 Å². The summed E-state index contributed by atoms with van der Waals surface area (Å²) in [5, 5.41) is 13.2. The van der Waals surface area contributed by atoms with Gasteiger partial charge in [0.15, 0.2) is 0 Å². The Kier molecular flexibility index (Phi) is 5.13. The first-order chi connectivity index (χ1) is 13.5. The fourth-order valence-electron chi connectivity index (χ4n) is 4.89. The van der Waals surface area contributed by atoms with Crippen LogP contribution in [0.15, 0.2) is 60.7 Å². The van der Waals surface area contributed by atoms with E-state index in [4.69, 9.17) is 0 Å². The zero-order chi connectivity index (χ0) is 19.7. The lowest BCUT2D eigenvalue weighted by Crippen LogP contribution is -2.85. The molecule has 148 valence electrons. The lowest BCUT2D eigenvalue weighted by Gasteiger charge is -2.70. The van der Waals surface area contributed by atoms with Crippen LogP contribution >= 0.6 is 0 Å². The minimum absolute atomic E-state index is 0.000420. The maximum atomic E-state index is 12.5. The Hall–Kier alpha value is -2.37. The number of amides is 2. The van der Waals surface area contributed by atoms with Gasteiger partial charge in [-0.05, 0) is 25.0 Å². The van der Waals surface area contributed by atoms with Crippen LogP contribution < -0.4 is 5.32 Å². The van der Waals surface area contributed by atoms with Crippen LogP contribution in [-0.2, 0) is 6.54 Å². The molecule has 0 radical (unpaired) electrons. The van der Waals surface area contributed by atoms with Crippen LogP contribution in [-0.4, -0.2) is 58.3 Å². The standard InChI is InChI=1S/C23H29N3O2/c1-17(2)24-22(28)25-15-23(16-25)21(19-11-7-4-8-12-19)20(14-27)26(23)13-18-9-5-3-6-10-18/h3-12,17,20-21,27H,13-16H2,1-2H3,(H,24,28)/t20-,21-/m1/s1. The molecule has 2 fully saturated rings. The van der Waals surface area contributed by atoms with Gasteiger partial charge < -0.3 is 15.3 Å². The van der Waals surface area contributed by atoms with Crippen molar-refractivity contribution in [3.05, 3.63) is 71.8 Å². The highest BCUT2D eigenvalue weighted by Gasteiger charge is 2.66. The van der Waals surface area contributed by atoms with Gasteiger partial charge in [0.05, 0.1) is 12.1 Å². The molecule has 2 heterocycles. The largest absolute Gasteiger partial charge is 0.395 e. The van der Waals surface area contributed by atoms with Crippen molar-refractivity contribution in [3.63, 3.8) is 0 Å². The minimum Gasteiger partial charge on any atom is -0.395 e. The van der Waals surface area contributed by atoms with Crippen molar-refractivity contribution in [1.82, 2.24) is 15.1 Å². The smallest absolute Gasteiger partial charge is 0.317 e. The first-order valence-corrected chi connectivity index (χ1v) is 10.1. The third-order valence-electron chi connectivity index (χ3n) is 6.11. The molecular formula is C23H29N3O2. The monoisotopic (exact) mass is 379 g/mol. The summed E-state index contributed by atoms with van der Waals surface area (Å²) >= 11 is 0. The molecule has 4 rings (SSSR count). The molecule has 2 aliphatic heterocycles. The summed E-state index contributed by atoms with van der Waals surface area (Å²) in [7, 11) is 0. The summed E-state index contributed by atoms with van der Waals surface area (Å²) in [6.07, 6.45) is 0. The molecule has 0 bridgehead atoms. The summed E-state index contributed by atoms with van der Waals surface area (Å²) < 4.78 is 0. The van der Waals surface area contributed by atoms with Crippen molar-refractivity contribution >= 4 is 6.03 Å². The van der Waals surface area contributed by atoms with Gasteiger partial charge in [0.25, 0.3) is 0 Å². The number of nitrogens with zero attached hydrogens (tertiary/aromatic N) is 2. The number of carbonyl (C=O) groups excluding carboxylic acids is 1. The van der Waals surface area contributed by atoms with Crippen molar-refractivity contribution in [3.8, 4) is 0 Å². The SMILES string of the molecule is CC(C)NC(=O)N1CC2(C1)[C@H](c1ccccc1)[C@@H](CO)N2Cc1ccccc1. The van der Waals surface area contributed by atoms with Crippen LogP contribution in [0.2, 0.25) is 0 Å². The highest BCUT2D eigenvalue weighted by atomic mass is 16.3. The molecule has 0 aromatic heterocycles. The van der Waals surface area contributed by atoms with Crippen LogP contribution in [0.1, 0.15) is 30.9 Å².